The molecule has 0 saturated heterocycles. The van der Waals surface area contributed by atoms with Crippen LogP contribution in [0.5, 0.6) is 0 Å². The van der Waals surface area contributed by atoms with Crippen molar-refractivity contribution in [1.29, 1.82) is 0 Å². The van der Waals surface area contributed by atoms with Gasteiger partial charge in [0.25, 0.3) is 0 Å². The molecule has 4 heteroatoms. The van der Waals surface area contributed by atoms with E-state index in [0.717, 1.165) is 5.82 Å². The molecule has 0 bridgehead atoms. The van der Waals surface area contributed by atoms with E-state index < -0.39 is 0 Å². The molecule has 1 N–H and O–H groups in total. The van der Waals surface area contributed by atoms with E-state index in [-0.39, 0.29) is 11.9 Å². The molecular formula is C13H16FN3. The van der Waals surface area contributed by atoms with Crippen molar-refractivity contribution in [3.05, 3.63) is 53.9 Å². The summed E-state index contributed by atoms with van der Waals surface area (Å²) < 4.78 is 15.5. The lowest BCUT2D eigenvalue weighted by molar-refractivity contribution is 0.515. The zero-order chi connectivity index (χ0) is 12.3. The van der Waals surface area contributed by atoms with Crippen LogP contribution in [-0.2, 0) is 13.6 Å². The maximum Gasteiger partial charge on any atom is 0.127 e. The first-order chi connectivity index (χ1) is 8.18. The summed E-state index contributed by atoms with van der Waals surface area (Å²) in [6, 6.07) is 6.79. The zero-order valence-electron chi connectivity index (χ0n) is 10.0. The Hall–Kier alpha value is -1.68. The topological polar surface area (TPSA) is 29.9 Å². The number of hydrogen-bond acceptors (Lipinski definition) is 2. The van der Waals surface area contributed by atoms with Gasteiger partial charge in [0.05, 0.1) is 6.54 Å². The minimum atomic E-state index is -0.174. The quantitative estimate of drug-likeness (QED) is 0.878. The van der Waals surface area contributed by atoms with Crippen molar-refractivity contribution >= 4 is 0 Å². The standard InChI is InChI=1S/C13H16FN3/c1-10(11-5-3-4-6-12(11)14)16-9-13-15-7-8-17(13)2/h3-8,10,16H,9H2,1-2H3/t10-/m1/s1. The van der Waals surface area contributed by atoms with Gasteiger partial charge in [-0.25, -0.2) is 9.37 Å². The summed E-state index contributed by atoms with van der Waals surface area (Å²) in [5.41, 5.74) is 0.682. The Balaban J connectivity index is 2.01. The second-order valence-electron chi connectivity index (χ2n) is 4.08. The van der Waals surface area contributed by atoms with E-state index in [9.17, 15) is 4.39 Å². The van der Waals surface area contributed by atoms with Gasteiger partial charge < -0.3 is 9.88 Å². The highest BCUT2D eigenvalue weighted by Gasteiger charge is 2.10. The van der Waals surface area contributed by atoms with E-state index in [4.69, 9.17) is 0 Å². The van der Waals surface area contributed by atoms with Crippen molar-refractivity contribution in [2.24, 2.45) is 7.05 Å². The van der Waals surface area contributed by atoms with Crippen LogP contribution >= 0.6 is 0 Å². The SMILES string of the molecule is C[C@@H](NCc1nccn1C)c1ccccc1F. The normalized spacial score (nSPS) is 12.6. The van der Waals surface area contributed by atoms with Gasteiger partial charge in [-0.1, -0.05) is 18.2 Å². The summed E-state index contributed by atoms with van der Waals surface area (Å²) in [5.74, 6) is 0.764. The van der Waals surface area contributed by atoms with E-state index in [1.807, 2.05) is 30.8 Å². The smallest absolute Gasteiger partial charge is 0.127 e. The summed E-state index contributed by atoms with van der Waals surface area (Å²) in [7, 11) is 1.94. The average molecular weight is 233 g/mol. The Morgan fingerprint density at radius 3 is 2.82 bits per heavy atom. The van der Waals surface area contributed by atoms with Crippen LogP contribution in [0.1, 0.15) is 24.4 Å². The number of aromatic nitrogens is 2. The number of hydrogen-bond donors (Lipinski definition) is 1. The average Bonchev–Trinajstić information content (AvgIpc) is 2.72. The molecule has 17 heavy (non-hydrogen) atoms. The van der Waals surface area contributed by atoms with Gasteiger partial charge in [-0.15, -0.1) is 0 Å². The Kier molecular flexibility index (Phi) is 3.54. The van der Waals surface area contributed by atoms with Crippen LogP contribution in [0.2, 0.25) is 0 Å². The van der Waals surface area contributed by atoms with Gasteiger partial charge in [0.15, 0.2) is 0 Å². The van der Waals surface area contributed by atoms with Gasteiger partial charge in [-0.2, -0.15) is 0 Å². The van der Waals surface area contributed by atoms with Crippen molar-refractivity contribution in [2.75, 3.05) is 0 Å². The van der Waals surface area contributed by atoms with Crippen LogP contribution in [0.15, 0.2) is 36.7 Å². The number of imidazole rings is 1. The summed E-state index contributed by atoms with van der Waals surface area (Å²) in [6.45, 7) is 2.57. The van der Waals surface area contributed by atoms with Gasteiger partial charge in [-0.3, -0.25) is 0 Å². The van der Waals surface area contributed by atoms with Crippen LogP contribution in [0, 0.1) is 5.82 Å². The first kappa shape index (κ1) is 11.8. The van der Waals surface area contributed by atoms with E-state index in [0.29, 0.717) is 12.1 Å². The predicted octanol–water partition coefficient (Wildman–Crippen LogP) is 2.41. The molecule has 0 saturated carbocycles. The van der Waals surface area contributed by atoms with Crippen LogP contribution in [0.25, 0.3) is 0 Å². The molecule has 0 aliphatic rings. The van der Waals surface area contributed by atoms with Crippen LogP contribution in [-0.4, -0.2) is 9.55 Å². The van der Waals surface area contributed by atoms with Crippen LogP contribution in [0.4, 0.5) is 4.39 Å². The van der Waals surface area contributed by atoms with Crippen molar-refractivity contribution in [1.82, 2.24) is 14.9 Å². The first-order valence-corrected chi connectivity index (χ1v) is 5.62. The fourth-order valence-electron chi connectivity index (χ4n) is 1.75. The van der Waals surface area contributed by atoms with Crippen molar-refractivity contribution in [3.63, 3.8) is 0 Å². The lowest BCUT2D eigenvalue weighted by atomic mass is 10.1. The number of nitrogens with zero attached hydrogens (tertiary/aromatic N) is 2. The molecule has 0 amide bonds. The van der Waals surface area contributed by atoms with Crippen LogP contribution in [0.3, 0.4) is 0 Å². The van der Waals surface area contributed by atoms with E-state index >= 15 is 0 Å². The third kappa shape index (κ3) is 2.71. The zero-order valence-corrected chi connectivity index (χ0v) is 10.0. The molecule has 1 heterocycles. The number of aryl methyl sites for hydroxylation is 1. The maximum atomic E-state index is 13.5. The summed E-state index contributed by atoms with van der Waals surface area (Å²) in [5, 5.41) is 3.26. The second-order valence-corrected chi connectivity index (χ2v) is 4.08. The fraction of sp³-hybridized carbons (Fsp3) is 0.308. The molecule has 1 aromatic heterocycles. The molecule has 0 fully saturated rings. The monoisotopic (exact) mass is 233 g/mol. The summed E-state index contributed by atoms with van der Waals surface area (Å²) >= 11 is 0. The molecule has 2 aromatic rings. The van der Waals surface area contributed by atoms with Gasteiger partial charge >= 0.3 is 0 Å². The van der Waals surface area contributed by atoms with Gasteiger partial charge in [0.1, 0.15) is 11.6 Å². The molecule has 1 aromatic carbocycles. The maximum absolute atomic E-state index is 13.5. The van der Waals surface area contributed by atoms with E-state index in [1.54, 1.807) is 18.3 Å². The number of halogens is 1. The summed E-state index contributed by atoms with van der Waals surface area (Å²) in [6.07, 6.45) is 3.65. The largest absolute Gasteiger partial charge is 0.337 e. The summed E-state index contributed by atoms with van der Waals surface area (Å²) in [4.78, 5) is 4.21. The number of nitrogens with one attached hydrogen (secondary N) is 1. The van der Waals surface area contributed by atoms with Crippen molar-refractivity contribution < 1.29 is 4.39 Å². The Morgan fingerprint density at radius 2 is 2.18 bits per heavy atom. The second kappa shape index (κ2) is 5.10. The van der Waals surface area contributed by atoms with E-state index in [2.05, 4.69) is 10.3 Å². The molecular weight excluding hydrogens is 217 g/mol. The molecule has 0 radical (unpaired) electrons. The Bertz CT molecular complexity index is 493. The molecule has 90 valence electrons. The third-order valence-corrected chi connectivity index (χ3v) is 2.86. The predicted molar refractivity (Wildman–Crippen MR) is 64.9 cm³/mol. The highest BCUT2D eigenvalue weighted by atomic mass is 19.1. The van der Waals surface area contributed by atoms with Crippen molar-refractivity contribution in [3.8, 4) is 0 Å². The number of benzene rings is 1. The van der Waals surface area contributed by atoms with E-state index in [1.165, 1.54) is 6.07 Å². The fourth-order valence-corrected chi connectivity index (χ4v) is 1.75. The lowest BCUT2D eigenvalue weighted by Gasteiger charge is -2.14. The third-order valence-electron chi connectivity index (χ3n) is 2.86. The van der Waals surface area contributed by atoms with Crippen LogP contribution < -0.4 is 5.32 Å². The van der Waals surface area contributed by atoms with Gasteiger partial charge in [0, 0.05) is 31.0 Å². The molecule has 2 rings (SSSR count). The van der Waals surface area contributed by atoms with Gasteiger partial charge in [0.2, 0.25) is 0 Å². The highest BCUT2D eigenvalue weighted by molar-refractivity contribution is 5.20. The molecule has 1 atom stereocenters. The molecule has 0 aliphatic carbocycles. The highest BCUT2D eigenvalue weighted by Crippen LogP contribution is 2.16. The first-order valence-electron chi connectivity index (χ1n) is 5.62. The molecule has 3 nitrogen and oxygen atoms in total. The Labute approximate surface area is 100 Å². The molecule has 0 unspecified atom stereocenters. The minimum absolute atomic E-state index is 0.0344. The van der Waals surface area contributed by atoms with Gasteiger partial charge in [-0.05, 0) is 13.0 Å². The molecule has 0 spiro atoms. The number of rotatable bonds is 4. The lowest BCUT2D eigenvalue weighted by Crippen LogP contribution is -2.21. The van der Waals surface area contributed by atoms with Crippen molar-refractivity contribution in [2.45, 2.75) is 19.5 Å². The Morgan fingerprint density at radius 1 is 1.41 bits per heavy atom. The minimum Gasteiger partial charge on any atom is -0.337 e. The molecule has 0 aliphatic heterocycles.